The van der Waals surface area contributed by atoms with Crippen molar-refractivity contribution >= 4 is 23.5 Å². The van der Waals surface area contributed by atoms with Crippen molar-refractivity contribution in [3.63, 3.8) is 0 Å². The van der Waals surface area contributed by atoms with Gasteiger partial charge in [-0.15, -0.1) is 0 Å². The Hall–Kier alpha value is -2.03. The molecule has 1 heterocycles. The van der Waals surface area contributed by atoms with E-state index in [1.165, 1.54) is 12.1 Å². The van der Waals surface area contributed by atoms with E-state index in [9.17, 15) is 27.2 Å². The van der Waals surface area contributed by atoms with Crippen molar-refractivity contribution in [1.82, 2.24) is 16.0 Å². The molecule has 1 aromatic carbocycles. The highest BCUT2D eigenvalue weighted by Gasteiger charge is 2.43. The maximum absolute atomic E-state index is 13.5. The van der Waals surface area contributed by atoms with Gasteiger partial charge in [0.1, 0.15) is 11.9 Å². The molecule has 2 aliphatic rings. The predicted octanol–water partition coefficient (Wildman–Crippen LogP) is 3.69. The van der Waals surface area contributed by atoms with Gasteiger partial charge in [-0.3, -0.25) is 4.79 Å². The summed E-state index contributed by atoms with van der Waals surface area (Å²) in [5.41, 5.74) is 0.521. The van der Waals surface area contributed by atoms with Crippen LogP contribution in [-0.4, -0.2) is 30.7 Å². The molecule has 3 N–H and O–H groups in total. The molecule has 0 radical (unpaired) electrons. The molecular weight excluding hydrogens is 402 g/mol. The Bertz CT molecular complexity index is 751. The van der Waals surface area contributed by atoms with E-state index in [-0.39, 0.29) is 43.2 Å². The maximum atomic E-state index is 13.5. The van der Waals surface area contributed by atoms with Gasteiger partial charge in [-0.05, 0) is 49.3 Å². The largest absolute Gasteiger partial charge is 0.391 e. The maximum Gasteiger partial charge on any atom is 0.391 e. The number of amides is 3. The second kappa shape index (κ2) is 8.14. The fourth-order valence-corrected chi connectivity index (χ4v) is 4.02. The number of halogens is 5. The summed E-state index contributed by atoms with van der Waals surface area (Å²) in [5.74, 6) is -2.69. The van der Waals surface area contributed by atoms with Crippen molar-refractivity contribution in [3.05, 3.63) is 34.6 Å². The number of nitrogens with one attached hydrogen (secondary N) is 3. The first-order valence-corrected chi connectivity index (χ1v) is 9.39. The molecule has 0 spiro atoms. The minimum Gasteiger partial charge on any atom is -0.347 e. The molecule has 154 valence electrons. The van der Waals surface area contributed by atoms with Gasteiger partial charge in [0.05, 0.1) is 17.0 Å². The van der Waals surface area contributed by atoms with Crippen LogP contribution < -0.4 is 16.0 Å². The standard InChI is InChI=1S/C18H20ClF4N3O2/c19-12-7-10(3-6-13(12)20)15(26-16(27)14-8-24-17(28)25-14)9-1-4-11(5-2-9)18(21,22)23/h3,6-7,9,11,14-15H,1-2,4-5,8H2,(H,26,27)(H2,24,25,28)/t9?,11?,14-,15+/m0/s1. The van der Waals surface area contributed by atoms with Gasteiger partial charge in [0.25, 0.3) is 0 Å². The molecule has 1 aromatic rings. The third-order valence-corrected chi connectivity index (χ3v) is 5.68. The average molecular weight is 422 g/mol. The van der Waals surface area contributed by atoms with Gasteiger partial charge < -0.3 is 16.0 Å². The number of alkyl halides is 3. The monoisotopic (exact) mass is 421 g/mol. The topological polar surface area (TPSA) is 70.2 Å². The van der Waals surface area contributed by atoms with Crippen molar-refractivity contribution < 1.29 is 27.2 Å². The Morgan fingerprint density at radius 2 is 1.89 bits per heavy atom. The normalized spacial score (nSPS) is 26.3. The minimum atomic E-state index is -4.23. The summed E-state index contributed by atoms with van der Waals surface area (Å²) in [6.07, 6.45) is -3.77. The first-order valence-electron chi connectivity index (χ1n) is 9.01. The molecule has 1 aliphatic heterocycles. The Balaban J connectivity index is 1.78. The number of benzene rings is 1. The van der Waals surface area contributed by atoms with Crippen LogP contribution >= 0.6 is 11.6 Å². The summed E-state index contributed by atoms with van der Waals surface area (Å²) < 4.78 is 52.4. The molecule has 2 atom stereocenters. The van der Waals surface area contributed by atoms with E-state index in [1.807, 2.05) is 0 Å². The van der Waals surface area contributed by atoms with Gasteiger partial charge in [-0.25, -0.2) is 9.18 Å². The zero-order valence-electron chi connectivity index (χ0n) is 14.8. The molecular formula is C18H20ClF4N3O2. The zero-order valence-corrected chi connectivity index (χ0v) is 15.5. The molecule has 28 heavy (non-hydrogen) atoms. The van der Waals surface area contributed by atoms with E-state index in [1.54, 1.807) is 0 Å². The van der Waals surface area contributed by atoms with E-state index < -0.39 is 41.9 Å². The quantitative estimate of drug-likeness (QED) is 0.649. The lowest BCUT2D eigenvalue weighted by atomic mass is 9.76. The number of carbonyl (C=O) groups excluding carboxylic acids is 2. The van der Waals surface area contributed by atoms with E-state index in [4.69, 9.17) is 11.6 Å². The Kier molecular flexibility index (Phi) is 6.02. The number of carbonyl (C=O) groups is 2. The van der Waals surface area contributed by atoms with Gasteiger partial charge in [0.2, 0.25) is 5.91 Å². The summed E-state index contributed by atoms with van der Waals surface area (Å²) in [6.45, 7) is 0.113. The van der Waals surface area contributed by atoms with Crippen LogP contribution in [0, 0.1) is 17.7 Å². The van der Waals surface area contributed by atoms with Crippen LogP contribution in [0.25, 0.3) is 0 Å². The lowest BCUT2D eigenvalue weighted by molar-refractivity contribution is -0.184. The minimum absolute atomic E-state index is 0.0306. The predicted molar refractivity (Wildman–Crippen MR) is 94.1 cm³/mol. The highest BCUT2D eigenvalue weighted by atomic mass is 35.5. The molecule has 1 saturated carbocycles. The van der Waals surface area contributed by atoms with Crippen LogP contribution in [0.4, 0.5) is 22.4 Å². The van der Waals surface area contributed by atoms with Crippen molar-refractivity contribution in [2.45, 2.75) is 43.9 Å². The van der Waals surface area contributed by atoms with Crippen molar-refractivity contribution in [2.24, 2.45) is 11.8 Å². The van der Waals surface area contributed by atoms with E-state index in [2.05, 4.69) is 16.0 Å². The molecule has 0 aromatic heterocycles. The van der Waals surface area contributed by atoms with E-state index in [0.717, 1.165) is 6.07 Å². The first-order chi connectivity index (χ1) is 13.1. The molecule has 1 aliphatic carbocycles. The summed E-state index contributed by atoms with van der Waals surface area (Å²) in [6, 6.07) is 2.13. The van der Waals surface area contributed by atoms with Crippen molar-refractivity contribution in [2.75, 3.05) is 6.54 Å². The highest BCUT2D eigenvalue weighted by Crippen LogP contribution is 2.43. The van der Waals surface area contributed by atoms with Crippen LogP contribution in [0.5, 0.6) is 0 Å². The molecule has 2 fully saturated rings. The van der Waals surface area contributed by atoms with Gasteiger partial charge in [0, 0.05) is 6.54 Å². The lowest BCUT2D eigenvalue weighted by Gasteiger charge is -2.35. The fraction of sp³-hybridized carbons (Fsp3) is 0.556. The smallest absolute Gasteiger partial charge is 0.347 e. The van der Waals surface area contributed by atoms with Gasteiger partial charge >= 0.3 is 12.2 Å². The van der Waals surface area contributed by atoms with Crippen molar-refractivity contribution in [1.29, 1.82) is 0 Å². The summed E-state index contributed by atoms with van der Waals surface area (Å²) >= 11 is 5.86. The third-order valence-electron chi connectivity index (χ3n) is 5.40. The number of hydrogen-bond donors (Lipinski definition) is 3. The van der Waals surface area contributed by atoms with E-state index >= 15 is 0 Å². The summed E-state index contributed by atoms with van der Waals surface area (Å²) in [4.78, 5) is 23.8. The zero-order chi connectivity index (χ0) is 20.5. The average Bonchev–Trinajstić information content (AvgIpc) is 3.08. The summed E-state index contributed by atoms with van der Waals surface area (Å²) in [5, 5.41) is 7.62. The molecule has 3 rings (SSSR count). The lowest BCUT2D eigenvalue weighted by Crippen LogP contribution is -2.46. The third kappa shape index (κ3) is 4.68. The van der Waals surface area contributed by atoms with Crippen molar-refractivity contribution in [3.8, 4) is 0 Å². The van der Waals surface area contributed by atoms with E-state index in [0.29, 0.717) is 5.56 Å². The van der Waals surface area contributed by atoms with Crippen LogP contribution in [-0.2, 0) is 4.79 Å². The van der Waals surface area contributed by atoms with Gasteiger partial charge in [-0.1, -0.05) is 17.7 Å². The number of rotatable bonds is 4. The fourth-order valence-electron chi connectivity index (χ4n) is 3.83. The molecule has 0 bridgehead atoms. The highest BCUT2D eigenvalue weighted by molar-refractivity contribution is 6.30. The van der Waals surface area contributed by atoms with Crippen LogP contribution in [0.15, 0.2) is 18.2 Å². The SMILES string of the molecule is O=C1NC[C@@H](C(=O)N[C@@H](c2ccc(F)c(Cl)c2)C2CCC(C(F)(F)F)CC2)N1. The first kappa shape index (κ1) is 20.7. The number of hydrogen-bond acceptors (Lipinski definition) is 2. The molecule has 5 nitrogen and oxygen atoms in total. The van der Waals surface area contributed by atoms with Crippen LogP contribution in [0.2, 0.25) is 5.02 Å². The molecule has 1 saturated heterocycles. The number of urea groups is 1. The molecule has 0 unspecified atom stereocenters. The molecule has 10 heteroatoms. The molecule has 3 amide bonds. The van der Waals surface area contributed by atoms with Gasteiger partial charge in [0.15, 0.2) is 0 Å². The Morgan fingerprint density at radius 3 is 2.43 bits per heavy atom. The van der Waals surface area contributed by atoms with Crippen LogP contribution in [0.3, 0.4) is 0 Å². The summed E-state index contributed by atoms with van der Waals surface area (Å²) in [7, 11) is 0. The van der Waals surface area contributed by atoms with Crippen LogP contribution in [0.1, 0.15) is 37.3 Å². The Morgan fingerprint density at radius 1 is 1.21 bits per heavy atom. The second-order valence-corrected chi connectivity index (χ2v) is 7.63. The Labute approximate surface area is 164 Å². The second-order valence-electron chi connectivity index (χ2n) is 7.22. The van der Waals surface area contributed by atoms with Gasteiger partial charge in [-0.2, -0.15) is 13.2 Å².